The highest BCUT2D eigenvalue weighted by Gasteiger charge is 2.06. The summed E-state index contributed by atoms with van der Waals surface area (Å²) in [6, 6.07) is 9.85. The second-order valence-electron chi connectivity index (χ2n) is 5.35. The molecule has 2 N–H and O–H groups in total. The van der Waals surface area contributed by atoms with Crippen LogP contribution in [0.3, 0.4) is 0 Å². The highest BCUT2D eigenvalue weighted by molar-refractivity contribution is 9.10. The van der Waals surface area contributed by atoms with Crippen LogP contribution in [0, 0.1) is 0 Å². The Morgan fingerprint density at radius 3 is 1.60 bits per heavy atom. The highest BCUT2D eigenvalue weighted by atomic mass is 79.9. The number of halogens is 4. The van der Waals surface area contributed by atoms with Gasteiger partial charge in [0.25, 0.3) is 11.8 Å². The van der Waals surface area contributed by atoms with E-state index in [1.54, 1.807) is 36.4 Å². The molecule has 0 radical (unpaired) electrons. The molecule has 0 bridgehead atoms. The van der Waals surface area contributed by atoms with Gasteiger partial charge in [0, 0.05) is 10.0 Å². The molecule has 0 aromatic heterocycles. The van der Waals surface area contributed by atoms with Crippen LogP contribution in [-0.2, 0) is 9.59 Å². The zero-order valence-electron chi connectivity index (χ0n) is 15.1. The van der Waals surface area contributed by atoms with E-state index >= 15 is 0 Å². The number of carbonyl (C=O) groups excluding carboxylic acids is 2. The molecule has 0 spiro atoms. The Balaban J connectivity index is 1.64. The molecule has 30 heavy (non-hydrogen) atoms. The summed E-state index contributed by atoms with van der Waals surface area (Å²) in [5.74, 6) is -0.0220. The smallest absolute Gasteiger partial charge is 0.277 e. The minimum Gasteiger partial charge on any atom is -0.483 e. The van der Waals surface area contributed by atoms with Gasteiger partial charge in [-0.15, -0.1) is 0 Å². The highest BCUT2D eigenvalue weighted by Crippen LogP contribution is 2.28. The summed E-state index contributed by atoms with van der Waals surface area (Å²) in [5, 5.41) is 8.37. The Morgan fingerprint density at radius 1 is 0.833 bits per heavy atom. The Hall–Kier alpha value is -2.14. The van der Waals surface area contributed by atoms with Gasteiger partial charge < -0.3 is 9.47 Å². The van der Waals surface area contributed by atoms with E-state index in [9.17, 15) is 9.59 Å². The summed E-state index contributed by atoms with van der Waals surface area (Å²) in [4.78, 5) is 23.3. The van der Waals surface area contributed by atoms with Crippen LogP contribution >= 0.6 is 55.1 Å². The zero-order valence-corrected chi connectivity index (χ0v) is 19.8. The quantitative estimate of drug-likeness (QED) is 0.343. The molecule has 0 fully saturated rings. The third-order valence-electron chi connectivity index (χ3n) is 3.10. The van der Waals surface area contributed by atoms with Gasteiger partial charge in [-0.25, -0.2) is 10.9 Å². The maximum absolute atomic E-state index is 11.7. The fourth-order valence-electron chi connectivity index (χ4n) is 1.82. The number of hydrazone groups is 2. The van der Waals surface area contributed by atoms with E-state index in [2.05, 4.69) is 52.9 Å². The third-order valence-corrected chi connectivity index (χ3v) is 4.81. The normalized spacial score (nSPS) is 10.9. The Labute approximate surface area is 198 Å². The first-order valence-corrected chi connectivity index (χ1v) is 10.5. The first-order valence-electron chi connectivity index (χ1n) is 8.13. The molecule has 2 aromatic rings. The number of ether oxygens (including phenoxy) is 2. The topological polar surface area (TPSA) is 101 Å². The van der Waals surface area contributed by atoms with Gasteiger partial charge in [-0.2, -0.15) is 10.2 Å². The first-order chi connectivity index (χ1) is 14.3. The van der Waals surface area contributed by atoms with E-state index in [0.29, 0.717) is 30.5 Å². The number of nitrogens with one attached hydrogen (secondary N) is 2. The van der Waals surface area contributed by atoms with Crippen LogP contribution in [0.5, 0.6) is 11.5 Å². The summed E-state index contributed by atoms with van der Waals surface area (Å²) in [7, 11) is 0. The van der Waals surface area contributed by atoms with Crippen molar-refractivity contribution < 1.29 is 19.1 Å². The monoisotopic (exact) mass is 578 g/mol. The van der Waals surface area contributed by atoms with Crippen LogP contribution in [0.25, 0.3) is 0 Å². The summed E-state index contributed by atoms with van der Waals surface area (Å²) >= 11 is 18.2. The van der Waals surface area contributed by atoms with Crippen LogP contribution < -0.4 is 20.3 Å². The Bertz CT molecular complexity index is 896. The molecule has 0 atom stereocenters. The molecule has 0 aliphatic carbocycles. The summed E-state index contributed by atoms with van der Waals surface area (Å²) in [6.45, 7) is -0.494. The summed E-state index contributed by atoms with van der Waals surface area (Å²) in [6.07, 6.45) is 2.38. The van der Waals surface area contributed by atoms with Crippen LogP contribution in [0.2, 0.25) is 10.0 Å². The Morgan fingerprint density at radius 2 is 1.23 bits per heavy atom. The average molecular weight is 581 g/mol. The molecule has 2 amide bonds. The van der Waals surface area contributed by atoms with E-state index in [4.69, 9.17) is 32.7 Å². The molecule has 0 aliphatic heterocycles. The molecule has 0 saturated heterocycles. The van der Waals surface area contributed by atoms with E-state index in [1.807, 2.05) is 0 Å². The molecular weight excluding hydrogens is 567 g/mol. The van der Waals surface area contributed by atoms with Crippen molar-refractivity contribution in [1.82, 2.24) is 10.9 Å². The molecule has 2 rings (SSSR count). The summed E-state index contributed by atoms with van der Waals surface area (Å²) in [5.41, 5.74) is 4.50. The van der Waals surface area contributed by atoms with E-state index in [1.165, 1.54) is 12.4 Å². The number of hydrogen-bond donors (Lipinski definition) is 2. The van der Waals surface area contributed by atoms with Gasteiger partial charge in [0.05, 0.1) is 21.4 Å². The molecule has 8 nitrogen and oxygen atoms in total. The van der Waals surface area contributed by atoms with Crippen LogP contribution in [0.15, 0.2) is 55.5 Å². The third kappa shape index (κ3) is 8.70. The minimum absolute atomic E-state index is 0.247. The van der Waals surface area contributed by atoms with Crippen molar-refractivity contribution in [1.29, 1.82) is 0 Å². The number of carbonyl (C=O) groups is 2. The van der Waals surface area contributed by atoms with Gasteiger partial charge in [-0.05, 0) is 68.3 Å². The molecular formula is C18H14Br2Cl2N4O4. The largest absolute Gasteiger partial charge is 0.483 e. The second kappa shape index (κ2) is 12.5. The van der Waals surface area contributed by atoms with Crippen molar-refractivity contribution >= 4 is 79.3 Å². The fourth-order valence-corrected chi connectivity index (χ4v) is 3.42. The summed E-state index contributed by atoms with van der Waals surface area (Å²) < 4.78 is 11.9. The molecule has 2 aromatic carbocycles. The van der Waals surface area contributed by atoms with Crippen molar-refractivity contribution in [2.75, 3.05) is 13.2 Å². The standard InChI is InChI=1S/C18H14Br2Cl2N4O4/c19-13-7-11(21)1-3-15(13)29-9-17(27)25-23-5-6-24-26-18(28)10-30-16-4-2-12(22)8-14(16)20/h1-8H,9-10H2,(H,25,27)(H,26,28)/b23-5-,24-6-. The van der Waals surface area contributed by atoms with Crippen molar-refractivity contribution in [2.24, 2.45) is 10.2 Å². The van der Waals surface area contributed by atoms with Gasteiger partial charge in [0.2, 0.25) is 0 Å². The van der Waals surface area contributed by atoms with E-state index in [-0.39, 0.29) is 13.2 Å². The SMILES string of the molecule is O=C(COc1ccc(Cl)cc1Br)N/N=C\C=N/NC(=O)COc1ccc(Cl)cc1Br. The number of amides is 2. The molecule has 0 heterocycles. The Kier molecular flexibility index (Phi) is 10.1. The predicted octanol–water partition coefficient (Wildman–Crippen LogP) is 4.18. The zero-order chi connectivity index (χ0) is 21.9. The van der Waals surface area contributed by atoms with Crippen LogP contribution in [0.1, 0.15) is 0 Å². The minimum atomic E-state index is -0.479. The van der Waals surface area contributed by atoms with Gasteiger partial charge in [-0.1, -0.05) is 23.2 Å². The van der Waals surface area contributed by atoms with Crippen LogP contribution in [-0.4, -0.2) is 37.5 Å². The van der Waals surface area contributed by atoms with Crippen molar-refractivity contribution in [3.8, 4) is 11.5 Å². The van der Waals surface area contributed by atoms with Gasteiger partial charge >= 0.3 is 0 Å². The van der Waals surface area contributed by atoms with Crippen molar-refractivity contribution in [3.05, 3.63) is 55.4 Å². The number of benzene rings is 2. The average Bonchev–Trinajstić information content (AvgIpc) is 2.69. The second-order valence-corrected chi connectivity index (χ2v) is 7.93. The molecule has 158 valence electrons. The lowest BCUT2D eigenvalue weighted by molar-refractivity contribution is -0.123. The lowest BCUT2D eigenvalue weighted by atomic mass is 10.3. The lowest BCUT2D eigenvalue weighted by Crippen LogP contribution is -2.25. The number of nitrogens with zero attached hydrogens (tertiary/aromatic N) is 2. The molecule has 0 unspecified atom stereocenters. The maximum atomic E-state index is 11.7. The number of rotatable bonds is 9. The van der Waals surface area contributed by atoms with E-state index in [0.717, 1.165) is 0 Å². The fraction of sp³-hybridized carbons (Fsp3) is 0.111. The van der Waals surface area contributed by atoms with Gasteiger partial charge in [0.15, 0.2) is 13.2 Å². The maximum Gasteiger partial charge on any atom is 0.277 e. The molecule has 0 saturated carbocycles. The van der Waals surface area contributed by atoms with Crippen molar-refractivity contribution in [3.63, 3.8) is 0 Å². The van der Waals surface area contributed by atoms with E-state index < -0.39 is 11.8 Å². The lowest BCUT2D eigenvalue weighted by Gasteiger charge is -2.07. The molecule has 0 aliphatic rings. The first kappa shape index (κ1) is 24.1. The van der Waals surface area contributed by atoms with Crippen molar-refractivity contribution in [2.45, 2.75) is 0 Å². The predicted molar refractivity (Wildman–Crippen MR) is 123 cm³/mol. The van der Waals surface area contributed by atoms with Gasteiger partial charge in [-0.3, -0.25) is 9.59 Å². The van der Waals surface area contributed by atoms with Crippen LogP contribution in [0.4, 0.5) is 0 Å². The molecule has 12 heteroatoms. The van der Waals surface area contributed by atoms with Gasteiger partial charge in [0.1, 0.15) is 11.5 Å². The number of hydrogen-bond acceptors (Lipinski definition) is 6.